The van der Waals surface area contributed by atoms with Crippen molar-refractivity contribution in [2.24, 2.45) is 5.92 Å². The molecule has 0 aliphatic carbocycles. The Morgan fingerprint density at radius 1 is 0.870 bits per heavy atom. The molecule has 1 atom stereocenters. The number of amides is 1. The van der Waals surface area contributed by atoms with E-state index in [9.17, 15) is 14.9 Å². The minimum Gasteiger partial charge on any atom is -0.353 e. The minimum absolute atomic E-state index is 0.114. The molecule has 3 aromatic carbocycles. The molecule has 0 bridgehead atoms. The lowest BCUT2D eigenvalue weighted by Gasteiger charge is -2.39. The van der Waals surface area contributed by atoms with Gasteiger partial charge in [-0.05, 0) is 30.4 Å². The van der Waals surface area contributed by atoms with Crippen molar-refractivity contribution in [2.45, 2.75) is 39.3 Å². The van der Waals surface area contributed by atoms with Gasteiger partial charge in [-0.25, -0.2) is 4.98 Å². The Bertz CT molecular complexity index is 1690. The van der Waals surface area contributed by atoms with Gasteiger partial charge in [0, 0.05) is 62.3 Å². The van der Waals surface area contributed by atoms with E-state index < -0.39 is 0 Å². The fraction of sp³-hybridized carbons (Fsp3) is 0.351. The summed E-state index contributed by atoms with van der Waals surface area (Å²) in [6.07, 6.45) is 3.28. The Morgan fingerprint density at radius 3 is 2.13 bits per heavy atom. The number of benzene rings is 3. The van der Waals surface area contributed by atoms with E-state index in [4.69, 9.17) is 4.98 Å². The number of hydrogen-bond donors (Lipinski definition) is 1. The van der Waals surface area contributed by atoms with E-state index in [0.717, 1.165) is 59.2 Å². The molecule has 2 aliphatic rings. The standard InChI is InChI=1S/C37H42N6O3/c1-27(2)35(28-13-5-3-6-14-28)39-37(44)34-30-17-9-10-18-32(30)38-36(29-15-7-4-8-16-29)31(34)25-40-21-23-42(24-22-40)33(26-43(45)46)41-19-11-12-20-41/h3-10,13-18,26-27,35H,11-12,19-25H2,1-2H3,(H,39,44)/t35-/m0/s1. The van der Waals surface area contributed by atoms with Crippen LogP contribution in [0.15, 0.2) is 97.0 Å². The molecule has 1 N–H and O–H groups in total. The molecule has 2 fully saturated rings. The average Bonchev–Trinajstić information content (AvgIpc) is 3.62. The highest BCUT2D eigenvalue weighted by molar-refractivity contribution is 6.09. The summed E-state index contributed by atoms with van der Waals surface area (Å²) in [6.45, 7) is 9.25. The van der Waals surface area contributed by atoms with Crippen molar-refractivity contribution in [3.63, 3.8) is 0 Å². The average molecular weight is 619 g/mol. The Hall–Kier alpha value is -4.76. The molecule has 46 heavy (non-hydrogen) atoms. The first kappa shape index (κ1) is 31.2. The Labute approximate surface area is 270 Å². The maximum Gasteiger partial charge on any atom is 0.274 e. The molecular formula is C37H42N6O3. The molecule has 9 nitrogen and oxygen atoms in total. The molecular weight excluding hydrogens is 576 g/mol. The second-order valence-corrected chi connectivity index (χ2v) is 12.5. The van der Waals surface area contributed by atoms with Crippen molar-refractivity contribution >= 4 is 16.8 Å². The number of para-hydroxylation sites is 1. The maximum atomic E-state index is 14.5. The number of nitrogens with one attached hydrogen (secondary N) is 1. The van der Waals surface area contributed by atoms with Gasteiger partial charge in [-0.15, -0.1) is 0 Å². The highest BCUT2D eigenvalue weighted by Crippen LogP contribution is 2.33. The third kappa shape index (κ3) is 6.89. The fourth-order valence-corrected chi connectivity index (χ4v) is 6.77. The van der Waals surface area contributed by atoms with Crippen LogP contribution in [-0.4, -0.2) is 69.8 Å². The van der Waals surface area contributed by atoms with E-state index in [0.29, 0.717) is 44.1 Å². The summed E-state index contributed by atoms with van der Waals surface area (Å²) >= 11 is 0. The summed E-state index contributed by atoms with van der Waals surface area (Å²) in [7, 11) is 0. The summed E-state index contributed by atoms with van der Waals surface area (Å²) in [5, 5.41) is 15.8. The van der Waals surface area contributed by atoms with Crippen molar-refractivity contribution < 1.29 is 9.72 Å². The number of piperazine rings is 1. The Balaban J connectivity index is 1.36. The molecule has 1 aromatic heterocycles. The van der Waals surface area contributed by atoms with Gasteiger partial charge >= 0.3 is 0 Å². The van der Waals surface area contributed by atoms with Crippen molar-refractivity contribution in [3.8, 4) is 11.3 Å². The summed E-state index contributed by atoms with van der Waals surface area (Å²) < 4.78 is 0. The van der Waals surface area contributed by atoms with Crippen LogP contribution in [-0.2, 0) is 6.54 Å². The SMILES string of the molecule is CC(C)[C@H](NC(=O)c1c(CN2CCN(C(=C[N+](=O)[O-])N3CCCC3)CC2)c(-c2ccccc2)nc2ccccc12)c1ccccc1. The monoisotopic (exact) mass is 618 g/mol. The number of carbonyl (C=O) groups is 1. The van der Waals surface area contributed by atoms with Gasteiger partial charge in [0.2, 0.25) is 0 Å². The van der Waals surface area contributed by atoms with Crippen molar-refractivity contribution in [3.05, 3.63) is 124 Å². The number of hydrogen-bond acceptors (Lipinski definition) is 7. The van der Waals surface area contributed by atoms with Crippen molar-refractivity contribution in [2.75, 3.05) is 39.3 Å². The van der Waals surface area contributed by atoms with Crippen LogP contribution >= 0.6 is 0 Å². The molecule has 9 heteroatoms. The third-order valence-electron chi connectivity index (χ3n) is 9.11. The van der Waals surface area contributed by atoms with Crippen LogP contribution in [0, 0.1) is 16.0 Å². The number of rotatable bonds is 10. The van der Waals surface area contributed by atoms with Gasteiger partial charge in [-0.3, -0.25) is 19.8 Å². The van der Waals surface area contributed by atoms with Gasteiger partial charge in [0.15, 0.2) is 5.82 Å². The molecule has 4 aromatic rings. The third-order valence-corrected chi connectivity index (χ3v) is 9.11. The number of nitro groups is 1. The van der Waals surface area contributed by atoms with Gasteiger partial charge in [0.25, 0.3) is 12.1 Å². The summed E-state index contributed by atoms with van der Waals surface area (Å²) in [5.74, 6) is 0.777. The number of fused-ring (bicyclic) bond motifs is 1. The van der Waals surface area contributed by atoms with Gasteiger partial charge in [-0.2, -0.15) is 0 Å². The number of aromatic nitrogens is 1. The maximum absolute atomic E-state index is 14.5. The van der Waals surface area contributed by atoms with Crippen LogP contribution in [0.25, 0.3) is 22.2 Å². The topological polar surface area (TPSA) is 94.8 Å². The van der Waals surface area contributed by atoms with Gasteiger partial charge in [0.05, 0.1) is 27.7 Å². The largest absolute Gasteiger partial charge is 0.353 e. The quantitative estimate of drug-likeness (QED) is 0.164. The van der Waals surface area contributed by atoms with E-state index in [-0.39, 0.29) is 22.8 Å². The zero-order chi connectivity index (χ0) is 32.0. The highest BCUT2D eigenvalue weighted by Gasteiger charge is 2.30. The van der Waals surface area contributed by atoms with Crippen molar-refractivity contribution in [1.29, 1.82) is 0 Å². The van der Waals surface area contributed by atoms with E-state index in [1.807, 2.05) is 72.8 Å². The Morgan fingerprint density at radius 2 is 1.48 bits per heavy atom. The zero-order valence-corrected chi connectivity index (χ0v) is 26.6. The lowest BCUT2D eigenvalue weighted by molar-refractivity contribution is -0.405. The van der Waals surface area contributed by atoms with Crippen molar-refractivity contribution in [1.82, 2.24) is 25.0 Å². The summed E-state index contributed by atoms with van der Waals surface area (Å²) in [4.78, 5) is 37.5. The van der Waals surface area contributed by atoms with E-state index in [1.54, 1.807) is 0 Å². The molecule has 6 rings (SSSR count). The molecule has 0 unspecified atom stereocenters. The van der Waals surface area contributed by atoms with Gasteiger partial charge in [0.1, 0.15) is 0 Å². The number of pyridine rings is 1. The molecule has 2 aliphatic heterocycles. The molecule has 238 valence electrons. The lowest BCUT2D eigenvalue weighted by atomic mass is 9.93. The van der Waals surface area contributed by atoms with Crippen LogP contribution in [0.5, 0.6) is 0 Å². The van der Waals surface area contributed by atoms with Gasteiger partial charge < -0.3 is 15.1 Å². The van der Waals surface area contributed by atoms with E-state index in [2.05, 4.69) is 46.0 Å². The lowest BCUT2D eigenvalue weighted by Crippen LogP contribution is -2.48. The molecule has 1 amide bonds. The summed E-state index contributed by atoms with van der Waals surface area (Å²) in [5.41, 5.74) is 5.16. The van der Waals surface area contributed by atoms with E-state index in [1.165, 1.54) is 6.20 Å². The molecule has 3 heterocycles. The van der Waals surface area contributed by atoms with Crippen LogP contribution in [0.1, 0.15) is 54.2 Å². The smallest absolute Gasteiger partial charge is 0.274 e. The van der Waals surface area contributed by atoms with Crippen LogP contribution < -0.4 is 5.32 Å². The molecule has 0 saturated carbocycles. The van der Waals surface area contributed by atoms with E-state index >= 15 is 0 Å². The zero-order valence-electron chi connectivity index (χ0n) is 26.6. The first-order valence-electron chi connectivity index (χ1n) is 16.3. The first-order chi connectivity index (χ1) is 22.4. The normalized spacial score (nSPS) is 16.6. The molecule has 2 saturated heterocycles. The highest BCUT2D eigenvalue weighted by atomic mass is 16.6. The first-order valence-corrected chi connectivity index (χ1v) is 16.3. The Kier molecular flexibility index (Phi) is 9.59. The number of nitrogens with zero attached hydrogens (tertiary/aromatic N) is 5. The molecule has 0 spiro atoms. The van der Waals surface area contributed by atoms with Gasteiger partial charge in [-0.1, -0.05) is 92.7 Å². The van der Waals surface area contributed by atoms with Crippen LogP contribution in [0.4, 0.5) is 0 Å². The number of likely N-dealkylation sites (tertiary alicyclic amines) is 1. The van der Waals surface area contributed by atoms with Crippen LogP contribution in [0.3, 0.4) is 0 Å². The second-order valence-electron chi connectivity index (χ2n) is 12.5. The summed E-state index contributed by atoms with van der Waals surface area (Å²) in [6, 6.07) is 27.9. The fourth-order valence-electron chi connectivity index (χ4n) is 6.77. The predicted octanol–water partition coefficient (Wildman–Crippen LogP) is 6.32. The van der Waals surface area contributed by atoms with Crippen LogP contribution in [0.2, 0.25) is 0 Å². The second kappa shape index (κ2) is 14.1. The predicted molar refractivity (Wildman–Crippen MR) is 181 cm³/mol. The number of carbonyl (C=O) groups excluding carboxylic acids is 1. The minimum atomic E-state index is -0.336. The molecule has 0 radical (unpaired) electrons.